The van der Waals surface area contributed by atoms with Crippen LogP contribution in [-0.2, 0) is 23.7 Å². The second kappa shape index (κ2) is 42.7. The third-order valence-corrected chi connectivity index (χ3v) is 12.2. The summed E-state index contributed by atoms with van der Waals surface area (Å²) in [6.07, 6.45) is 44.6. The Balaban J connectivity index is 1.63. The monoisotopic (exact) mass is 1010 g/mol. The van der Waals surface area contributed by atoms with Crippen LogP contribution in [0.1, 0.15) is 142 Å². The van der Waals surface area contributed by atoms with E-state index in [0.29, 0.717) is 6.42 Å². The van der Waals surface area contributed by atoms with Crippen LogP contribution in [0, 0.1) is 0 Å². The lowest BCUT2D eigenvalue weighted by Crippen LogP contribution is -2.65. The largest absolute Gasteiger partial charge is 0.394 e. The number of hydrogen-bond donors (Lipinski definition) is 9. The molecule has 1 amide bonds. The normalized spacial score (nSPS) is 26.6. The third kappa shape index (κ3) is 28.7. The van der Waals surface area contributed by atoms with Gasteiger partial charge in [0, 0.05) is 6.42 Å². The maximum Gasteiger partial charge on any atom is 0.220 e. The van der Waals surface area contributed by atoms with Crippen LogP contribution in [0.5, 0.6) is 0 Å². The molecule has 2 rings (SSSR count). The molecular weight excluding hydrogens is 919 g/mol. The molecule has 0 saturated carbocycles. The quantitative estimate of drug-likeness (QED) is 0.0211. The molecule has 9 N–H and O–H groups in total. The number of allylic oxidation sites excluding steroid dienone is 19. The van der Waals surface area contributed by atoms with E-state index in [1.807, 2.05) is 6.08 Å². The van der Waals surface area contributed by atoms with Crippen LogP contribution in [0.15, 0.2) is 122 Å². The Morgan fingerprint density at radius 2 is 0.958 bits per heavy atom. The molecule has 0 aromatic heterocycles. The molecule has 14 nitrogen and oxygen atoms in total. The first-order chi connectivity index (χ1) is 35.1. The van der Waals surface area contributed by atoms with Crippen LogP contribution >= 0.6 is 0 Å². The van der Waals surface area contributed by atoms with Gasteiger partial charge in [0.2, 0.25) is 5.91 Å². The van der Waals surface area contributed by atoms with E-state index in [1.165, 1.54) is 0 Å². The molecule has 0 aliphatic carbocycles. The number of carbonyl (C=O) groups is 1. The molecule has 14 heteroatoms. The van der Waals surface area contributed by atoms with Gasteiger partial charge in [0.1, 0.15) is 48.8 Å². The molecule has 2 aliphatic rings. The molecule has 0 bridgehead atoms. The molecule has 0 radical (unpaired) electrons. The van der Waals surface area contributed by atoms with Crippen molar-refractivity contribution in [3.8, 4) is 0 Å². The second-order valence-electron chi connectivity index (χ2n) is 18.3. The van der Waals surface area contributed by atoms with E-state index in [-0.39, 0.29) is 18.9 Å². The van der Waals surface area contributed by atoms with Crippen molar-refractivity contribution in [2.24, 2.45) is 0 Å². The van der Waals surface area contributed by atoms with Gasteiger partial charge in [0.05, 0.1) is 32.0 Å². The van der Waals surface area contributed by atoms with Crippen molar-refractivity contribution in [1.82, 2.24) is 5.32 Å². The Kier molecular flexibility index (Phi) is 38.3. The Morgan fingerprint density at radius 1 is 0.514 bits per heavy atom. The predicted molar refractivity (Wildman–Crippen MR) is 285 cm³/mol. The number of unbranched alkanes of at least 4 members (excludes halogenated alkanes) is 8. The summed E-state index contributed by atoms with van der Waals surface area (Å²) in [5.41, 5.74) is 0. The number of nitrogens with one attached hydrogen (secondary N) is 1. The number of rotatable bonds is 39. The summed E-state index contributed by atoms with van der Waals surface area (Å²) in [6, 6.07) is -0.930. The van der Waals surface area contributed by atoms with Crippen LogP contribution in [0.25, 0.3) is 0 Å². The lowest BCUT2D eigenvalue weighted by atomic mass is 9.97. The van der Waals surface area contributed by atoms with Gasteiger partial charge < -0.3 is 65.1 Å². The molecule has 408 valence electrons. The number of aliphatic hydroxyl groups excluding tert-OH is 8. The van der Waals surface area contributed by atoms with Gasteiger partial charge in [-0.1, -0.05) is 167 Å². The molecule has 2 heterocycles. The zero-order valence-electron chi connectivity index (χ0n) is 43.4. The third-order valence-electron chi connectivity index (χ3n) is 12.2. The number of amides is 1. The topological polar surface area (TPSA) is 228 Å². The summed E-state index contributed by atoms with van der Waals surface area (Å²) < 4.78 is 22.5. The fourth-order valence-electron chi connectivity index (χ4n) is 7.81. The Morgan fingerprint density at radius 3 is 1.47 bits per heavy atom. The second-order valence-corrected chi connectivity index (χ2v) is 18.3. The van der Waals surface area contributed by atoms with Crippen molar-refractivity contribution in [3.05, 3.63) is 122 Å². The molecule has 0 aromatic carbocycles. The molecule has 72 heavy (non-hydrogen) atoms. The van der Waals surface area contributed by atoms with E-state index < -0.39 is 86.8 Å². The summed E-state index contributed by atoms with van der Waals surface area (Å²) in [7, 11) is 0. The van der Waals surface area contributed by atoms with Gasteiger partial charge >= 0.3 is 0 Å². The van der Waals surface area contributed by atoms with Crippen molar-refractivity contribution in [1.29, 1.82) is 0 Å². The van der Waals surface area contributed by atoms with Gasteiger partial charge in [0.25, 0.3) is 0 Å². The van der Waals surface area contributed by atoms with Gasteiger partial charge in [-0.3, -0.25) is 4.79 Å². The van der Waals surface area contributed by atoms with Crippen molar-refractivity contribution in [2.45, 2.75) is 216 Å². The molecule has 0 spiro atoms. The van der Waals surface area contributed by atoms with Crippen LogP contribution in [0.2, 0.25) is 0 Å². The molecule has 12 atom stereocenters. The van der Waals surface area contributed by atoms with Crippen LogP contribution in [0.3, 0.4) is 0 Å². The zero-order valence-corrected chi connectivity index (χ0v) is 43.4. The number of carbonyl (C=O) groups excluding carboxylic acids is 1. The molecule has 12 unspecified atom stereocenters. The van der Waals surface area contributed by atoms with E-state index in [2.05, 4.69) is 129 Å². The van der Waals surface area contributed by atoms with Gasteiger partial charge in [-0.15, -0.1) is 0 Å². The van der Waals surface area contributed by atoms with E-state index in [0.717, 1.165) is 116 Å². The van der Waals surface area contributed by atoms with Crippen molar-refractivity contribution in [3.63, 3.8) is 0 Å². The predicted octanol–water partition coefficient (Wildman–Crippen LogP) is 7.88. The highest BCUT2D eigenvalue weighted by atomic mass is 16.7. The Labute approximate surface area is 431 Å². The van der Waals surface area contributed by atoms with E-state index in [4.69, 9.17) is 18.9 Å². The van der Waals surface area contributed by atoms with Gasteiger partial charge in [0.15, 0.2) is 12.6 Å². The molecule has 2 fully saturated rings. The van der Waals surface area contributed by atoms with Gasteiger partial charge in [-0.2, -0.15) is 0 Å². The van der Waals surface area contributed by atoms with E-state index >= 15 is 0 Å². The summed E-state index contributed by atoms with van der Waals surface area (Å²) in [4.78, 5) is 13.1. The fourth-order valence-corrected chi connectivity index (χ4v) is 7.81. The first kappa shape index (κ1) is 64.5. The van der Waals surface area contributed by atoms with Crippen molar-refractivity contribution in [2.75, 3.05) is 19.8 Å². The molecule has 2 saturated heterocycles. The first-order valence-corrected chi connectivity index (χ1v) is 26.8. The Hall–Kier alpha value is -3.61. The lowest BCUT2D eigenvalue weighted by Gasteiger charge is -2.46. The Bertz CT molecular complexity index is 1670. The zero-order chi connectivity index (χ0) is 52.4. The molecular formula is C58H93NO13. The van der Waals surface area contributed by atoms with Crippen LogP contribution in [0.4, 0.5) is 0 Å². The van der Waals surface area contributed by atoms with Crippen molar-refractivity contribution >= 4 is 5.91 Å². The summed E-state index contributed by atoms with van der Waals surface area (Å²) in [5, 5.41) is 86.2. The summed E-state index contributed by atoms with van der Waals surface area (Å²) in [6.45, 7) is 2.50. The first-order valence-electron chi connectivity index (χ1n) is 26.8. The average molecular weight is 1010 g/mol. The highest BCUT2D eigenvalue weighted by molar-refractivity contribution is 5.76. The number of aliphatic hydroxyl groups is 8. The summed E-state index contributed by atoms with van der Waals surface area (Å²) >= 11 is 0. The smallest absolute Gasteiger partial charge is 0.220 e. The van der Waals surface area contributed by atoms with E-state index in [1.54, 1.807) is 6.08 Å². The number of ether oxygens (including phenoxy) is 4. The van der Waals surface area contributed by atoms with Gasteiger partial charge in [-0.05, 0) is 89.9 Å². The SMILES string of the molecule is CC/C=C\C/C=C\C/C=C\C/C=C\C/C=C\C/C=C\C/C=C\C/C=C\C/C=C\CCCCCCCC(=O)NC(COC1OC(CO)C(OC2OC(CO)C(O)C(O)C2O)C(O)C1O)C(O)/C=C/CCCCC. The lowest BCUT2D eigenvalue weighted by molar-refractivity contribution is -0.359. The maximum absolute atomic E-state index is 13.1. The highest BCUT2D eigenvalue weighted by Gasteiger charge is 2.51. The minimum absolute atomic E-state index is 0.248. The molecule has 0 aromatic rings. The number of hydrogen-bond acceptors (Lipinski definition) is 13. The summed E-state index contributed by atoms with van der Waals surface area (Å²) in [5.74, 6) is -0.273. The average Bonchev–Trinajstić information content (AvgIpc) is 3.38. The van der Waals surface area contributed by atoms with Crippen LogP contribution < -0.4 is 5.32 Å². The van der Waals surface area contributed by atoms with Gasteiger partial charge in [-0.25, -0.2) is 0 Å². The highest BCUT2D eigenvalue weighted by Crippen LogP contribution is 2.30. The standard InChI is InChI=1S/C58H93NO13/c1-3-5-7-9-10-11-12-13-14-15-16-17-18-19-20-21-22-23-24-25-26-27-28-29-30-31-32-33-34-35-36-38-40-42-50(63)59-46(47(62)41-39-37-8-6-4-2)45-69-57-55(68)53(66)56(49(44-61)71-57)72-58-54(67)52(65)51(64)48(43-60)70-58/h5,7,10-11,13-14,16-17,19-20,22-23,25-26,28-29,31-32,39,41,46-49,51-58,60-62,64-68H,3-4,6,8-9,12,15,18,21,24,27,30,33-38,40,42-45H2,1-2H3,(H,59,63)/b7-5-,11-10-,14-13-,17-16-,20-19-,23-22-,26-25-,29-28-,32-31-,41-39+. The van der Waals surface area contributed by atoms with Crippen LogP contribution in [-0.4, -0.2) is 140 Å². The molecule has 2 aliphatic heterocycles. The van der Waals surface area contributed by atoms with Crippen molar-refractivity contribution < 1.29 is 64.6 Å². The fraction of sp³-hybridized carbons (Fsp3) is 0.638. The minimum Gasteiger partial charge on any atom is -0.394 e. The maximum atomic E-state index is 13.1. The van der Waals surface area contributed by atoms with E-state index in [9.17, 15) is 45.6 Å². The minimum atomic E-state index is -1.79.